The van der Waals surface area contributed by atoms with Crippen LogP contribution in [0.25, 0.3) is 0 Å². The van der Waals surface area contributed by atoms with Crippen molar-refractivity contribution in [3.8, 4) is 0 Å². The van der Waals surface area contributed by atoms with Crippen molar-refractivity contribution in [3.05, 3.63) is 53.7 Å². The average Bonchev–Trinajstić information content (AvgIpc) is 2.55. The van der Waals surface area contributed by atoms with Gasteiger partial charge in [-0.15, -0.1) is 0 Å². The monoisotopic (exact) mass is 364 g/mol. The van der Waals surface area contributed by atoms with Crippen LogP contribution < -0.4 is 0 Å². The molecule has 0 radical (unpaired) electrons. The lowest BCUT2D eigenvalue weighted by Crippen LogP contribution is -2.22. The van der Waals surface area contributed by atoms with Crippen LogP contribution in [0.4, 0.5) is 0 Å². The van der Waals surface area contributed by atoms with E-state index < -0.39 is 10.0 Å². The number of pyridine rings is 1. The normalized spacial score (nSPS) is 13.0. The van der Waals surface area contributed by atoms with Gasteiger partial charge in [-0.3, -0.25) is 4.79 Å². The number of benzene rings is 1. The van der Waals surface area contributed by atoms with Crippen LogP contribution in [0.3, 0.4) is 0 Å². The number of carbonyl (C=O) groups excluding carboxylic acids is 1. The van der Waals surface area contributed by atoms with E-state index in [0.29, 0.717) is 10.6 Å². The quantitative estimate of drug-likeness (QED) is 0.582. The molecular weight excluding hydrogens is 344 g/mol. The Morgan fingerprint density at radius 3 is 2.25 bits per heavy atom. The number of aryl methyl sites for hydroxylation is 1. The van der Waals surface area contributed by atoms with Crippen molar-refractivity contribution < 1.29 is 13.2 Å². The van der Waals surface area contributed by atoms with Gasteiger partial charge >= 0.3 is 0 Å². The van der Waals surface area contributed by atoms with E-state index in [4.69, 9.17) is 0 Å². The van der Waals surface area contributed by atoms with Gasteiger partial charge in [0.05, 0.1) is 10.3 Å². The van der Waals surface area contributed by atoms with Gasteiger partial charge in [-0.25, -0.2) is 17.7 Å². The first-order valence-electron chi connectivity index (χ1n) is 7.38. The molecule has 1 atom stereocenters. The average molecular weight is 364 g/mol. The minimum absolute atomic E-state index is 0.0202. The second-order valence-electron chi connectivity index (χ2n) is 5.61. The largest absolute Gasteiger partial charge is 0.293 e. The molecule has 1 aromatic carbocycles. The summed E-state index contributed by atoms with van der Waals surface area (Å²) in [6.07, 6.45) is 1.32. The summed E-state index contributed by atoms with van der Waals surface area (Å²) < 4.78 is 25.2. The van der Waals surface area contributed by atoms with Crippen LogP contribution in [0, 0.1) is 6.92 Å². The third-order valence-electron chi connectivity index (χ3n) is 3.49. The summed E-state index contributed by atoms with van der Waals surface area (Å²) in [5.74, 6) is 0.0202. The van der Waals surface area contributed by atoms with Gasteiger partial charge in [-0.05, 0) is 26.0 Å². The molecule has 5 nitrogen and oxygen atoms in total. The Morgan fingerprint density at radius 2 is 1.75 bits per heavy atom. The maximum atomic E-state index is 12.4. The maximum Gasteiger partial charge on any atom is 0.244 e. The Balaban J connectivity index is 2.11. The Labute approximate surface area is 147 Å². The smallest absolute Gasteiger partial charge is 0.244 e. The molecule has 0 aliphatic heterocycles. The highest BCUT2D eigenvalue weighted by atomic mass is 32.2. The number of sulfonamides is 1. The van der Waals surface area contributed by atoms with Gasteiger partial charge in [-0.2, -0.15) is 0 Å². The Kier molecular flexibility index (Phi) is 5.79. The predicted molar refractivity (Wildman–Crippen MR) is 95.9 cm³/mol. The molecule has 0 amide bonds. The molecule has 0 N–H and O–H groups in total. The number of ketones is 1. The zero-order valence-electron chi connectivity index (χ0n) is 14.1. The van der Waals surface area contributed by atoms with Crippen LogP contribution in [0.15, 0.2) is 52.5 Å². The van der Waals surface area contributed by atoms with E-state index in [1.54, 1.807) is 6.07 Å². The van der Waals surface area contributed by atoms with Gasteiger partial charge in [0, 0.05) is 25.9 Å². The van der Waals surface area contributed by atoms with Gasteiger partial charge in [0.15, 0.2) is 5.78 Å². The highest BCUT2D eigenvalue weighted by molar-refractivity contribution is 8.00. The molecule has 0 fully saturated rings. The van der Waals surface area contributed by atoms with Crippen molar-refractivity contribution in [1.82, 2.24) is 9.29 Å². The predicted octanol–water partition coefficient (Wildman–Crippen LogP) is 3.00. The van der Waals surface area contributed by atoms with Gasteiger partial charge in [-0.1, -0.05) is 41.6 Å². The van der Waals surface area contributed by atoms with Crippen molar-refractivity contribution in [2.24, 2.45) is 0 Å². The van der Waals surface area contributed by atoms with Crippen LogP contribution in [-0.2, 0) is 10.0 Å². The lowest BCUT2D eigenvalue weighted by Gasteiger charge is -2.12. The minimum atomic E-state index is -3.49. The number of thioether (sulfide) groups is 1. The van der Waals surface area contributed by atoms with E-state index in [-0.39, 0.29) is 15.9 Å². The number of hydrogen-bond acceptors (Lipinski definition) is 5. The standard InChI is InChI=1S/C17H20N2O3S2/c1-12-5-7-14(8-6-12)17(20)13(2)23-16-10-9-15(11-18-16)24(21,22)19(3)4/h5-11,13H,1-4H3/t13-/m0/s1. The fourth-order valence-corrected chi connectivity index (χ4v) is 3.70. The molecule has 24 heavy (non-hydrogen) atoms. The maximum absolute atomic E-state index is 12.4. The Bertz CT molecular complexity index is 814. The van der Waals surface area contributed by atoms with Crippen LogP contribution in [0.1, 0.15) is 22.8 Å². The Morgan fingerprint density at radius 1 is 1.12 bits per heavy atom. The molecule has 128 valence electrons. The lowest BCUT2D eigenvalue weighted by atomic mass is 10.1. The van der Waals surface area contributed by atoms with Gasteiger partial charge in [0.1, 0.15) is 4.90 Å². The summed E-state index contributed by atoms with van der Waals surface area (Å²) in [5.41, 5.74) is 1.76. The van der Waals surface area contributed by atoms with Gasteiger partial charge < -0.3 is 0 Å². The van der Waals surface area contributed by atoms with Crippen molar-refractivity contribution in [2.45, 2.75) is 29.0 Å². The molecule has 0 spiro atoms. The molecule has 0 bridgehead atoms. The molecule has 2 aromatic rings. The van der Waals surface area contributed by atoms with Crippen molar-refractivity contribution in [1.29, 1.82) is 0 Å². The highest BCUT2D eigenvalue weighted by Crippen LogP contribution is 2.25. The number of nitrogens with zero attached hydrogens (tertiary/aromatic N) is 2. The molecule has 1 heterocycles. The molecule has 0 aliphatic rings. The van der Waals surface area contributed by atoms with Crippen molar-refractivity contribution >= 4 is 27.6 Å². The number of rotatable bonds is 6. The van der Waals surface area contributed by atoms with Crippen LogP contribution in [0.5, 0.6) is 0 Å². The van der Waals surface area contributed by atoms with E-state index >= 15 is 0 Å². The summed E-state index contributed by atoms with van der Waals surface area (Å²) in [7, 11) is -0.546. The number of hydrogen-bond donors (Lipinski definition) is 0. The molecule has 7 heteroatoms. The fourth-order valence-electron chi connectivity index (χ4n) is 1.99. The first kappa shape index (κ1) is 18.6. The minimum Gasteiger partial charge on any atom is -0.293 e. The number of carbonyl (C=O) groups is 1. The number of Topliss-reactive ketones (excluding diaryl/α,β-unsaturated/α-hetero) is 1. The first-order valence-corrected chi connectivity index (χ1v) is 9.70. The second kappa shape index (κ2) is 7.46. The zero-order chi connectivity index (χ0) is 17.9. The van der Waals surface area contributed by atoms with E-state index in [9.17, 15) is 13.2 Å². The van der Waals surface area contributed by atoms with E-state index in [2.05, 4.69) is 4.98 Å². The molecule has 2 rings (SSSR count). The summed E-state index contributed by atoms with van der Waals surface area (Å²) in [5, 5.41) is 0.303. The zero-order valence-corrected chi connectivity index (χ0v) is 15.7. The molecule has 0 aliphatic carbocycles. The first-order chi connectivity index (χ1) is 11.2. The highest BCUT2D eigenvalue weighted by Gasteiger charge is 2.20. The summed E-state index contributed by atoms with van der Waals surface area (Å²) in [6.45, 7) is 3.79. The lowest BCUT2D eigenvalue weighted by molar-refractivity contribution is 0.0994. The molecule has 1 aromatic heterocycles. The number of aromatic nitrogens is 1. The van der Waals surface area contributed by atoms with Crippen LogP contribution in [-0.4, -0.2) is 42.8 Å². The Hall–Kier alpha value is -1.70. The van der Waals surface area contributed by atoms with Gasteiger partial charge in [0.25, 0.3) is 0 Å². The van der Waals surface area contributed by atoms with E-state index in [1.807, 2.05) is 38.1 Å². The topological polar surface area (TPSA) is 67.3 Å². The van der Waals surface area contributed by atoms with Crippen molar-refractivity contribution in [3.63, 3.8) is 0 Å². The van der Waals surface area contributed by atoms with Gasteiger partial charge in [0.2, 0.25) is 10.0 Å². The molecule has 0 saturated heterocycles. The van der Waals surface area contributed by atoms with E-state index in [1.165, 1.54) is 38.1 Å². The van der Waals surface area contributed by atoms with Crippen molar-refractivity contribution in [2.75, 3.05) is 14.1 Å². The summed E-state index contributed by atoms with van der Waals surface area (Å²) >= 11 is 1.31. The second-order valence-corrected chi connectivity index (χ2v) is 9.12. The third kappa shape index (κ3) is 4.23. The van der Waals surface area contributed by atoms with Crippen LogP contribution in [0.2, 0.25) is 0 Å². The summed E-state index contributed by atoms with van der Waals surface area (Å²) in [6, 6.07) is 10.6. The van der Waals surface area contributed by atoms with E-state index in [0.717, 1.165) is 9.87 Å². The van der Waals surface area contributed by atoms with Crippen LogP contribution >= 0.6 is 11.8 Å². The molecule has 0 saturated carbocycles. The fraction of sp³-hybridized carbons (Fsp3) is 0.294. The SMILES string of the molecule is Cc1ccc(C(=O)[C@H](C)Sc2ccc(S(=O)(=O)N(C)C)cn2)cc1. The molecular formula is C17H20N2O3S2. The molecule has 0 unspecified atom stereocenters. The third-order valence-corrected chi connectivity index (χ3v) is 6.34. The summed E-state index contributed by atoms with van der Waals surface area (Å²) in [4.78, 5) is 16.7.